The Bertz CT molecular complexity index is 565. The molecule has 1 aliphatic rings. The highest BCUT2D eigenvalue weighted by Gasteiger charge is 2.20. The number of likely N-dealkylation sites (tertiary alicyclic amines) is 1. The van der Waals surface area contributed by atoms with Gasteiger partial charge in [-0.1, -0.05) is 24.4 Å². The van der Waals surface area contributed by atoms with Gasteiger partial charge in [0, 0.05) is 19.2 Å². The van der Waals surface area contributed by atoms with Crippen molar-refractivity contribution < 1.29 is 19.1 Å². The molecule has 1 aromatic rings. The van der Waals surface area contributed by atoms with Crippen LogP contribution in [-0.4, -0.2) is 42.0 Å². The first kappa shape index (κ1) is 17.5. The van der Waals surface area contributed by atoms with Crippen LogP contribution in [-0.2, 0) is 20.9 Å². The molecule has 1 aliphatic heterocycles. The molecule has 0 N–H and O–H groups in total. The van der Waals surface area contributed by atoms with Gasteiger partial charge in [-0.3, -0.25) is 14.6 Å². The molecule has 0 aromatic carbocycles. The van der Waals surface area contributed by atoms with E-state index in [0.29, 0.717) is 29.4 Å². The van der Waals surface area contributed by atoms with Crippen LogP contribution in [0.5, 0.6) is 5.75 Å². The van der Waals surface area contributed by atoms with Crippen LogP contribution < -0.4 is 4.74 Å². The third-order valence-electron chi connectivity index (χ3n) is 3.75. The van der Waals surface area contributed by atoms with Crippen LogP contribution in [0.4, 0.5) is 0 Å². The van der Waals surface area contributed by atoms with E-state index in [-0.39, 0.29) is 19.1 Å². The zero-order valence-electron chi connectivity index (χ0n) is 13.2. The molecule has 2 heterocycles. The summed E-state index contributed by atoms with van der Waals surface area (Å²) in [5, 5.41) is 0.410. The SMILES string of the molecule is COc1c(Cl)ccnc1COC(=O)CN1CCCCCCC1=O. The summed E-state index contributed by atoms with van der Waals surface area (Å²) < 4.78 is 10.4. The Morgan fingerprint density at radius 3 is 2.91 bits per heavy atom. The van der Waals surface area contributed by atoms with Gasteiger partial charge in [0.2, 0.25) is 5.91 Å². The molecule has 7 heteroatoms. The van der Waals surface area contributed by atoms with Crippen LogP contribution in [0.25, 0.3) is 0 Å². The van der Waals surface area contributed by atoms with E-state index in [0.717, 1.165) is 25.7 Å². The Morgan fingerprint density at radius 2 is 2.13 bits per heavy atom. The van der Waals surface area contributed by atoms with Crippen molar-refractivity contribution in [3.8, 4) is 5.75 Å². The molecule has 0 radical (unpaired) electrons. The molecule has 2 rings (SSSR count). The Hall–Kier alpha value is -1.82. The molecule has 23 heavy (non-hydrogen) atoms. The minimum Gasteiger partial charge on any atom is -0.493 e. The summed E-state index contributed by atoms with van der Waals surface area (Å²) in [6.07, 6.45) is 5.98. The second-order valence-corrected chi connectivity index (χ2v) is 5.82. The number of methoxy groups -OCH3 is 1. The van der Waals surface area contributed by atoms with Gasteiger partial charge in [0.15, 0.2) is 5.75 Å². The normalized spacial score (nSPS) is 15.7. The number of carbonyl (C=O) groups is 2. The number of pyridine rings is 1. The predicted molar refractivity (Wildman–Crippen MR) is 85.3 cm³/mol. The van der Waals surface area contributed by atoms with E-state index >= 15 is 0 Å². The fourth-order valence-electron chi connectivity index (χ4n) is 2.52. The van der Waals surface area contributed by atoms with Crippen LogP contribution in [0.3, 0.4) is 0 Å². The van der Waals surface area contributed by atoms with Crippen molar-refractivity contribution in [3.05, 3.63) is 23.0 Å². The van der Waals surface area contributed by atoms with Gasteiger partial charge in [0.1, 0.15) is 18.8 Å². The Balaban J connectivity index is 1.89. The molecule has 6 nitrogen and oxygen atoms in total. The van der Waals surface area contributed by atoms with Crippen LogP contribution in [0.2, 0.25) is 5.02 Å². The highest BCUT2D eigenvalue weighted by molar-refractivity contribution is 6.32. The summed E-state index contributed by atoms with van der Waals surface area (Å²) in [7, 11) is 1.48. The maximum absolute atomic E-state index is 12.0. The number of esters is 1. The molecule has 1 aromatic heterocycles. The topological polar surface area (TPSA) is 68.7 Å². The largest absolute Gasteiger partial charge is 0.493 e. The molecule has 126 valence electrons. The van der Waals surface area contributed by atoms with E-state index in [2.05, 4.69) is 4.98 Å². The zero-order valence-corrected chi connectivity index (χ0v) is 14.0. The van der Waals surface area contributed by atoms with Crippen molar-refractivity contribution in [2.45, 2.75) is 38.7 Å². The van der Waals surface area contributed by atoms with Gasteiger partial charge < -0.3 is 14.4 Å². The molecule has 0 atom stereocenters. The molecule has 0 spiro atoms. The van der Waals surface area contributed by atoms with E-state index in [1.165, 1.54) is 13.3 Å². The Labute approximate surface area is 140 Å². The molecule has 1 fully saturated rings. The molecule has 1 amide bonds. The first-order valence-electron chi connectivity index (χ1n) is 7.72. The summed E-state index contributed by atoms with van der Waals surface area (Å²) in [5.41, 5.74) is 0.451. The summed E-state index contributed by atoms with van der Waals surface area (Å²) in [6, 6.07) is 1.60. The van der Waals surface area contributed by atoms with E-state index < -0.39 is 5.97 Å². The van der Waals surface area contributed by atoms with Gasteiger partial charge in [0.25, 0.3) is 0 Å². The number of carbonyl (C=O) groups excluding carboxylic acids is 2. The quantitative estimate of drug-likeness (QED) is 0.770. The Morgan fingerprint density at radius 1 is 1.35 bits per heavy atom. The van der Waals surface area contributed by atoms with Gasteiger partial charge >= 0.3 is 5.97 Å². The Kier molecular flexibility index (Phi) is 6.65. The van der Waals surface area contributed by atoms with Crippen molar-refractivity contribution >= 4 is 23.5 Å². The van der Waals surface area contributed by atoms with E-state index in [9.17, 15) is 9.59 Å². The molecule has 1 saturated heterocycles. The average Bonchev–Trinajstić information content (AvgIpc) is 2.52. The van der Waals surface area contributed by atoms with Crippen molar-refractivity contribution in [2.75, 3.05) is 20.2 Å². The van der Waals surface area contributed by atoms with Gasteiger partial charge in [-0.25, -0.2) is 0 Å². The third kappa shape index (κ3) is 5.10. The van der Waals surface area contributed by atoms with Crippen molar-refractivity contribution in [1.82, 2.24) is 9.88 Å². The van der Waals surface area contributed by atoms with Crippen LogP contribution in [0.1, 0.15) is 37.8 Å². The van der Waals surface area contributed by atoms with Gasteiger partial charge in [-0.05, 0) is 18.9 Å². The predicted octanol–water partition coefficient (Wildman–Crippen LogP) is 2.58. The number of aromatic nitrogens is 1. The van der Waals surface area contributed by atoms with Gasteiger partial charge in [-0.15, -0.1) is 0 Å². The molecule has 0 unspecified atom stereocenters. The summed E-state index contributed by atoms with van der Waals surface area (Å²) in [4.78, 5) is 29.7. The number of hydrogen-bond donors (Lipinski definition) is 0. The minimum absolute atomic E-state index is 0.0140. The fourth-order valence-corrected chi connectivity index (χ4v) is 2.76. The number of amides is 1. The monoisotopic (exact) mass is 340 g/mol. The standard InChI is InChI=1S/C16H21ClN2O4/c1-22-16-12(17)7-8-18-13(16)11-23-15(21)10-19-9-5-3-2-4-6-14(19)20/h7-8H,2-6,9-11H2,1H3. The highest BCUT2D eigenvalue weighted by Crippen LogP contribution is 2.26. The average molecular weight is 341 g/mol. The smallest absolute Gasteiger partial charge is 0.326 e. The maximum atomic E-state index is 12.0. The lowest BCUT2D eigenvalue weighted by Gasteiger charge is -2.23. The number of ether oxygens (including phenoxy) is 2. The molecular weight excluding hydrogens is 320 g/mol. The lowest BCUT2D eigenvalue weighted by molar-refractivity contribution is -0.150. The second-order valence-electron chi connectivity index (χ2n) is 5.41. The minimum atomic E-state index is -0.456. The van der Waals surface area contributed by atoms with E-state index in [1.807, 2.05) is 0 Å². The first-order valence-corrected chi connectivity index (χ1v) is 8.10. The van der Waals surface area contributed by atoms with E-state index in [4.69, 9.17) is 21.1 Å². The lowest BCUT2D eigenvalue weighted by atomic mass is 10.1. The number of nitrogens with zero attached hydrogens (tertiary/aromatic N) is 2. The van der Waals surface area contributed by atoms with Gasteiger partial charge in [-0.2, -0.15) is 0 Å². The number of rotatable bonds is 5. The number of hydrogen-bond acceptors (Lipinski definition) is 5. The molecular formula is C16H21ClN2O4. The lowest BCUT2D eigenvalue weighted by Crippen LogP contribution is -2.37. The fraction of sp³-hybridized carbons (Fsp3) is 0.562. The molecule has 0 saturated carbocycles. The number of halogens is 1. The first-order chi connectivity index (χ1) is 11.1. The summed E-state index contributed by atoms with van der Waals surface area (Å²) in [5.74, 6) is -0.0489. The second kappa shape index (κ2) is 8.72. The molecule has 0 bridgehead atoms. The highest BCUT2D eigenvalue weighted by atomic mass is 35.5. The van der Waals surface area contributed by atoms with Crippen molar-refractivity contribution in [1.29, 1.82) is 0 Å². The van der Waals surface area contributed by atoms with Crippen LogP contribution in [0.15, 0.2) is 12.3 Å². The van der Waals surface area contributed by atoms with Crippen molar-refractivity contribution in [3.63, 3.8) is 0 Å². The van der Waals surface area contributed by atoms with Gasteiger partial charge in [0.05, 0.1) is 12.1 Å². The van der Waals surface area contributed by atoms with Crippen molar-refractivity contribution in [2.24, 2.45) is 0 Å². The summed E-state index contributed by atoms with van der Waals surface area (Å²) >= 11 is 5.99. The summed E-state index contributed by atoms with van der Waals surface area (Å²) in [6.45, 7) is 0.541. The maximum Gasteiger partial charge on any atom is 0.326 e. The van der Waals surface area contributed by atoms with Crippen LogP contribution in [0, 0.1) is 0 Å². The third-order valence-corrected chi connectivity index (χ3v) is 4.04. The molecule has 0 aliphatic carbocycles. The van der Waals surface area contributed by atoms with Crippen LogP contribution >= 0.6 is 11.6 Å². The van der Waals surface area contributed by atoms with E-state index in [1.54, 1.807) is 11.0 Å². The zero-order chi connectivity index (χ0) is 16.7.